The minimum absolute atomic E-state index is 0.0356. The Morgan fingerprint density at radius 2 is 2.04 bits per heavy atom. The Hall–Kier alpha value is -1.92. The van der Waals surface area contributed by atoms with Gasteiger partial charge in [0, 0.05) is 38.6 Å². The lowest BCUT2D eigenvalue weighted by Crippen LogP contribution is -2.43. The van der Waals surface area contributed by atoms with Gasteiger partial charge in [0.25, 0.3) is 5.91 Å². The van der Waals surface area contributed by atoms with Crippen molar-refractivity contribution in [1.82, 2.24) is 24.8 Å². The molecular formula is C17H29N5O2. The molecule has 2 amide bonds. The quantitative estimate of drug-likeness (QED) is 0.792. The maximum absolute atomic E-state index is 12.3. The Morgan fingerprint density at radius 3 is 2.67 bits per heavy atom. The third kappa shape index (κ3) is 4.33. The van der Waals surface area contributed by atoms with Crippen LogP contribution in [-0.4, -0.2) is 62.8 Å². The summed E-state index contributed by atoms with van der Waals surface area (Å²) in [6, 6.07) is 0. The van der Waals surface area contributed by atoms with Crippen LogP contribution < -0.4 is 0 Å². The van der Waals surface area contributed by atoms with E-state index in [4.69, 9.17) is 0 Å². The normalized spacial score (nSPS) is 18.0. The summed E-state index contributed by atoms with van der Waals surface area (Å²) in [5.74, 6) is 0.537. The fraction of sp³-hybridized carbons (Fsp3) is 0.765. The predicted molar refractivity (Wildman–Crippen MR) is 91.4 cm³/mol. The highest BCUT2D eigenvalue weighted by atomic mass is 16.2. The topological polar surface area (TPSA) is 71.3 Å². The Bertz CT molecular complexity index is 565. The first kappa shape index (κ1) is 18.4. The summed E-state index contributed by atoms with van der Waals surface area (Å²) in [4.78, 5) is 28.1. The molecule has 2 rings (SSSR count). The van der Waals surface area contributed by atoms with Crippen molar-refractivity contribution in [3.05, 3.63) is 11.9 Å². The molecule has 134 valence electrons. The number of hydrogen-bond donors (Lipinski definition) is 0. The maximum Gasteiger partial charge on any atom is 0.276 e. The average Bonchev–Trinajstić information content (AvgIpc) is 3.03. The van der Waals surface area contributed by atoms with Gasteiger partial charge in [-0.25, -0.2) is 0 Å². The van der Waals surface area contributed by atoms with Gasteiger partial charge in [-0.2, -0.15) is 0 Å². The first-order valence-corrected chi connectivity index (χ1v) is 8.94. The zero-order chi connectivity index (χ0) is 17.7. The van der Waals surface area contributed by atoms with Gasteiger partial charge in [0.1, 0.15) is 0 Å². The third-order valence-electron chi connectivity index (χ3n) is 4.58. The van der Waals surface area contributed by atoms with E-state index in [0.717, 1.165) is 25.9 Å². The molecule has 1 saturated heterocycles. The van der Waals surface area contributed by atoms with Crippen LogP contribution in [0.2, 0.25) is 0 Å². The van der Waals surface area contributed by atoms with E-state index in [-0.39, 0.29) is 17.7 Å². The number of likely N-dealkylation sites (tertiary alicyclic amines) is 1. The van der Waals surface area contributed by atoms with Gasteiger partial charge in [0.15, 0.2) is 5.69 Å². The molecular weight excluding hydrogens is 306 g/mol. The molecule has 2 heterocycles. The second-order valence-electron chi connectivity index (χ2n) is 6.75. The molecule has 0 N–H and O–H groups in total. The second-order valence-corrected chi connectivity index (χ2v) is 6.75. The maximum atomic E-state index is 12.3. The van der Waals surface area contributed by atoms with Crippen molar-refractivity contribution >= 4 is 11.8 Å². The number of nitrogens with zero attached hydrogens (tertiary/aromatic N) is 5. The van der Waals surface area contributed by atoms with E-state index in [1.54, 1.807) is 15.8 Å². The monoisotopic (exact) mass is 335 g/mol. The van der Waals surface area contributed by atoms with Crippen LogP contribution in [-0.2, 0) is 11.3 Å². The lowest BCUT2D eigenvalue weighted by atomic mass is 9.97. The zero-order valence-electron chi connectivity index (χ0n) is 15.2. The highest BCUT2D eigenvalue weighted by molar-refractivity contribution is 5.91. The number of carbonyl (C=O) groups is 2. The van der Waals surface area contributed by atoms with Crippen molar-refractivity contribution in [3.63, 3.8) is 0 Å². The molecule has 1 aromatic heterocycles. The summed E-state index contributed by atoms with van der Waals surface area (Å²) in [5.41, 5.74) is 0.393. The highest BCUT2D eigenvalue weighted by Crippen LogP contribution is 2.20. The van der Waals surface area contributed by atoms with Crippen LogP contribution in [0.25, 0.3) is 0 Å². The van der Waals surface area contributed by atoms with Crippen LogP contribution in [0.15, 0.2) is 6.20 Å². The molecule has 0 aromatic carbocycles. The van der Waals surface area contributed by atoms with Gasteiger partial charge in [-0.05, 0) is 32.6 Å². The molecule has 1 fully saturated rings. The van der Waals surface area contributed by atoms with Crippen LogP contribution in [0.1, 0.15) is 51.0 Å². The van der Waals surface area contributed by atoms with Crippen LogP contribution in [0.4, 0.5) is 0 Å². The standard InChI is InChI=1S/C17H29N5O2/c1-5-20(6-2)17(24)15-12-22(19-18-15)11-14-8-7-9-21(10-14)16(23)13(3)4/h12-14H,5-11H2,1-4H3/t14-/m1/s1. The minimum atomic E-state index is -0.0773. The molecule has 1 aromatic rings. The van der Waals surface area contributed by atoms with Gasteiger partial charge < -0.3 is 9.80 Å². The molecule has 7 nitrogen and oxygen atoms in total. The number of hydrogen-bond acceptors (Lipinski definition) is 4. The summed E-state index contributed by atoms with van der Waals surface area (Å²) < 4.78 is 1.74. The molecule has 0 radical (unpaired) electrons. The van der Waals surface area contributed by atoms with Crippen molar-refractivity contribution in [2.75, 3.05) is 26.2 Å². The van der Waals surface area contributed by atoms with Crippen molar-refractivity contribution < 1.29 is 9.59 Å². The first-order valence-electron chi connectivity index (χ1n) is 8.94. The van der Waals surface area contributed by atoms with Gasteiger partial charge in [0.2, 0.25) is 5.91 Å². The second kappa shape index (κ2) is 8.26. The number of aromatic nitrogens is 3. The van der Waals surface area contributed by atoms with Crippen LogP contribution in [0, 0.1) is 11.8 Å². The fourth-order valence-corrected chi connectivity index (χ4v) is 3.20. The van der Waals surface area contributed by atoms with E-state index in [0.29, 0.717) is 31.2 Å². The summed E-state index contributed by atoms with van der Waals surface area (Å²) in [6.45, 7) is 11.4. The van der Waals surface area contributed by atoms with Crippen LogP contribution >= 0.6 is 0 Å². The molecule has 7 heteroatoms. The smallest absolute Gasteiger partial charge is 0.276 e. The largest absolute Gasteiger partial charge is 0.342 e. The lowest BCUT2D eigenvalue weighted by molar-refractivity contribution is -0.136. The Morgan fingerprint density at radius 1 is 1.33 bits per heavy atom. The van der Waals surface area contributed by atoms with E-state index in [1.165, 1.54) is 0 Å². The predicted octanol–water partition coefficient (Wildman–Crippen LogP) is 1.65. The Labute approximate surface area is 144 Å². The number of carbonyl (C=O) groups excluding carboxylic acids is 2. The fourth-order valence-electron chi connectivity index (χ4n) is 3.20. The summed E-state index contributed by atoms with van der Waals surface area (Å²) in [7, 11) is 0. The SMILES string of the molecule is CCN(CC)C(=O)c1cn(C[C@@H]2CCCN(C(=O)C(C)C)C2)nn1. The van der Waals surface area contributed by atoms with Crippen molar-refractivity contribution in [2.45, 2.75) is 47.1 Å². The Kier molecular flexibility index (Phi) is 6.34. The number of piperidine rings is 1. The molecule has 1 atom stereocenters. The van der Waals surface area contributed by atoms with Crippen molar-refractivity contribution in [3.8, 4) is 0 Å². The van der Waals surface area contributed by atoms with Gasteiger partial charge in [-0.15, -0.1) is 5.10 Å². The molecule has 0 aliphatic carbocycles. The zero-order valence-corrected chi connectivity index (χ0v) is 15.2. The highest BCUT2D eigenvalue weighted by Gasteiger charge is 2.26. The molecule has 1 aliphatic heterocycles. The van der Waals surface area contributed by atoms with E-state index < -0.39 is 0 Å². The first-order chi connectivity index (χ1) is 11.5. The van der Waals surface area contributed by atoms with Crippen LogP contribution in [0.5, 0.6) is 0 Å². The van der Waals surface area contributed by atoms with E-state index in [2.05, 4.69) is 10.3 Å². The molecule has 1 aliphatic rings. The van der Waals surface area contributed by atoms with Crippen molar-refractivity contribution in [1.29, 1.82) is 0 Å². The molecule has 0 unspecified atom stereocenters. The Balaban J connectivity index is 1.97. The molecule has 0 spiro atoms. The average molecular weight is 335 g/mol. The van der Waals surface area contributed by atoms with Crippen molar-refractivity contribution in [2.24, 2.45) is 11.8 Å². The molecule has 0 saturated carbocycles. The number of rotatable bonds is 6. The van der Waals surface area contributed by atoms with Gasteiger partial charge in [-0.3, -0.25) is 14.3 Å². The summed E-state index contributed by atoms with van der Waals surface area (Å²) in [6.07, 6.45) is 3.81. The van der Waals surface area contributed by atoms with Gasteiger partial charge in [0.05, 0.1) is 6.20 Å². The van der Waals surface area contributed by atoms with E-state index in [9.17, 15) is 9.59 Å². The lowest BCUT2D eigenvalue weighted by Gasteiger charge is -2.33. The van der Waals surface area contributed by atoms with Gasteiger partial charge in [-0.1, -0.05) is 19.1 Å². The molecule has 0 bridgehead atoms. The van der Waals surface area contributed by atoms with Gasteiger partial charge >= 0.3 is 0 Å². The van der Waals surface area contributed by atoms with E-state index >= 15 is 0 Å². The summed E-state index contributed by atoms with van der Waals surface area (Å²) >= 11 is 0. The third-order valence-corrected chi connectivity index (χ3v) is 4.58. The van der Waals surface area contributed by atoms with Crippen LogP contribution in [0.3, 0.4) is 0 Å². The summed E-state index contributed by atoms with van der Waals surface area (Å²) in [5, 5.41) is 8.13. The number of amides is 2. The molecule has 24 heavy (non-hydrogen) atoms. The minimum Gasteiger partial charge on any atom is -0.342 e. The van der Waals surface area contributed by atoms with E-state index in [1.807, 2.05) is 32.6 Å².